The molecule has 2 heterocycles. The first-order valence-electron chi connectivity index (χ1n) is 10.6. The molecule has 0 spiro atoms. The molecule has 0 aliphatic carbocycles. The Labute approximate surface area is 193 Å². The predicted octanol–water partition coefficient (Wildman–Crippen LogP) is 5.50. The molecule has 0 fully saturated rings. The minimum atomic E-state index is -4.46. The van der Waals surface area contributed by atoms with E-state index in [9.17, 15) is 18.3 Å². The number of anilines is 2. The van der Waals surface area contributed by atoms with E-state index in [0.29, 0.717) is 40.9 Å². The monoisotopic (exact) mass is 475 g/mol. The summed E-state index contributed by atoms with van der Waals surface area (Å²) in [4.78, 5) is 6.40. The van der Waals surface area contributed by atoms with E-state index >= 15 is 0 Å². The molecule has 0 atom stereocenters. The SMILES string of the molecule is CCCN(C)c1cc2c(cc1C(F)(F)F)NCCC(c1cccc(-c3nnc(CO)s3)c1)=N2. The van der Waals surface area contributed by atoms with Crippen LogP contribution in [0.25, 0.3) is 10.6 Å². The number of benzene rings is 2. The highest BCUT2D eigenvalue weighted by Crippen LogP contribution is 2.43. The quantitative estimate of drug-likeness (QED) is 0.493. The highest BCUT2D eigenvalue weighted by atomic mass is 32.1. The zero-order valence-corrected chi connectivity index (χ0v) is 19.1. The fourth-order valence-electron chi connectivity index (χ4n) is 3.80. The van der Waals surface area contributed by atoms with E-state index in [0.717, 1.165) is 29.3 Å². The van der Waals surface area contributed by atoms with Gasteiger partial charge in [-0.1, -0.05) is 36.5 Å². The maximum absolute atomic E-state index is 13.8. The van der Waals surface area contributed by atoms with Gasteiger partial charge in [-0.15, -0.1) is 10.2 Å². The van der Waals surface area contributed by atoms with E-state index in [1.54, 1.807) is 11.9 Å². The lowest BCUT2D eigenvalue weighted by atomic mass is 10.0. The van der Waals surface area contributed by atoms with Crippen molar-refractivity contribution in [1.82, 2.24) is 10.2 Å². The summed E-state index contributed by atoms with van der Waals surface area (Å²) in [5, 5.41) is 21.7. The van der Waals surface area contributed by atoms with Crippen LogP contribution >= 0.6 is 11.3 Å². The van der Waals surface area contributed by atoms with Crippen LogP contribution in [0.15, 0.2) is 41.4 Å². The number of hydrogen-bond acceptors (Lipinski definition) is 7. The Morgan fingerprint density at radius 2 is 1.94 bits per heavy atom. The average Bonchev–Trinajstić information content (AvgIpc) is 3.18. The van der Waals surface area contributed by atoms with Gasteiger partial charge < -0.3 is 15.3 Å². The molecule has 0 radical (unpaired) electrons. The third-order valence-corrected chi connectivity index (χ3v) is 6.32. The minimum Gasteiger partial charge on any atom is -0.389 e. The van der Waals surface area contributed by atoms with Gasteiger partial charge in [0, 0.05) is 32.1 Å². The fourth-order valence-corrected chi connectivity index (χ4v) is 4.50. The molecule has 33 heavy (non-hydrogen) atoms. The molecule has 1 aromatic heterocycles. The number of nitrogens with zero attached hydrogens (tertiary/aromatic N) is 4. The van der Waals surface area contributed by atoms with E-state index in [1.807, 2.05) is 31.2 Å². The second-order valence-corrected chi connectivity index (χ2v) is 8.84. The van der Waals surface area contributed by atoms with Crippen molar-refractivity contribution in [2.75, 3.05) is 30.4 Å². The topological polar surface area (TPSA) is 73.6 Å². The number of alkyl halides is 3. The molecule has 1 aliphatic rings. The molecule has 0 bridgehead atoms. The molecule has 0 unspecified atom stereocenters. The van der Waals surface area contributed by atoms with Gasteiger partial charge in [0.25, 0.3) is 0 Å². The van der Waals surface area contributed by atoms with Gasteiger partial charge in [0.1, 0.15) is 10.0 Å². The smallest absolute Gasteiger partial charge is 0.389 e. The number of fused-ring (bicyclic) bond motifs is 1. The molecule has 6 nitrogen and oxygen atoms in total. The third-order valence-electron chi connectivity index (χ3n) is 5.37. The van der Waals surface area contributed by atoms with Gasteiger partial charge in [-0.25, -0.2) is 0 Å². The standard InChI is InChI=1S/C23H24F3N5OS/c1-3-9-31(2)20-12-19-18(11-16(20)23(24,25)26)27-8-7-17(28-19)14-5-4-6-15(10-14)22-30-29-21(13-32)33-22/h4-6,10-12,27,32H,3,7-9,13H2,1-2H3. The Kier molecular flexibility index (Phi) is 6.66. The number of aromatic nitrogens is 2. The zero-order chi connectivity index (χ0) is 23.6. The van der Waals surface area contributed by atoms with E-state index in [4.69, 9.17) is 4.99 Å². The summed E-state index contributed by atoms with van der Waals surface area (Å²) in [6, 6.07) is 10.3. The normalized spacial score (nSPS) is 13.7. The maximum atomic E-state index is 13.8. The number of halogens is 3. The van der Waals surface area contributed by atoms with Crippen LogP contribution in [0.2, 0.25) is 0 Å². The van der Waals surface area contributed by atoms with Crippen molar-refractivity contribution in [2.45, 2.75) is 32.5 Å². The molecule has 2 aromatic carbocycles. The molecule has 0 amide bonds. The number of aliphatic imine (C=N–C) groups is 1. The average molecular weight is 476 g/mol. The van der Waals surface area contributed by atoms with Crippen LogP contribution < -0.4 is 10.2 Å². The number of rotatable bonds is 6. The van der Waals surface area contributed by atoms with Gasteiger partial charge in [0.15, 0.2) is 0 Å². The Morgan fingerprint density at radius 1 is 1.15 bits per heavy atom. The molecular formula is C23H24F3N5OS. The summed E-state index contributed by atoms with van der Waals surface area (Å²) in [5.74, 6) is 0. The molecule has 1 aliphatic heterocycles. The summed E-state index contributed by atoms with van der Waals surface area (Å²) in [5.41, 5.74) is 2.80. The summed E-state index contributed by atoms with van der Waals surface area (Å²) in [6.45, 7) is 2.73. The fraction of sp³-hybridized carbons (Fsp3) is 0.348. The van der Waals surface area contributed by atoms with E-state index in [-0.39, 0.29) is 12.3 Å². The van der Waals surface area contributed by atoms with Crippen molar-refractivity contribution in [1.29, 1.82) is 0 Å². The largest absolute Gasteiger partial charge is 0.418 e. The lowest BCUT2D eigenvalue weighted by Gasteiger charge is -2.24. The summed E-state index contributed by atoms with van der Waals surface area (Å²) in [7, 11) is 1.67. The van der Waals surface area contributed by atoms with Gasteiger partial charge in [0.2, 0.25) is 0 Å². The number of hydrogen-bond donors (Lipinski definition) is 2. The lowest BCUT2D eigenvalue weighted by Crippen LogP contribution is -2.22. The van der Waals surface area contributed by atoms with E-state index in [2.05, 4.69) is 15.5 Å². The highest BCUT2D eigenvalue weighted by Gasteiger charge is 2.35. The van der Waals surface area contributed by atoms with Crippen LogP contribution in [0.1, 0.15) is 35.9 Å². The van der Waals surface area contributed by atoms with Gasteiger partial charge in [0.05, 0.1) is 34.9 Å². The first-order valence-corrected chi connectivity index (χ1v) is 11.4. The molecule has 174 valence electrons. The second-order valence-electron chi connectivity index (χ2n) is 7.78. The summed E-state index contributed by atoms with van der Waals surface area (Å²) in [6.07, 6.45) is -3.18. The van der Waals surface area contributed by atoms with Crippen molar-refractivity contribution in [2.24, 2.45) is 4.99 Å². The number of aliphatic hydroxyl groups is 1. The van der Waals surface area contributed by atoms with Crippen molar-refractivity contribution in [3.05, 3.63) is 52.5 Å². The zero-order valence-electron chi connectivity index (χ0n) is 18.3. The van der Waals surface area contributed by atoms with Crippen molar-refractivity contribution in [3.8, 4) is 10.6 Å². The van der Waals surface area contributed by atoms with Crippen LogP contribution in [0, 0.1) is 0 Å². The molecule has 3 aromatic rings. The predicted molar refractivity (Wildman–Crippen MR) is 126 cm³/mol. The molecule has 4 rings (SSSR count). The molecule has 10 heteroatoms. The third kappa shape index (κ3) is 5.01. The Bertz CT molecular complexity index is 1180. The van der Waals surface area contributed by atoms with E-state index in [1.165, 1.54) is 17.4 Å². The number of aliphatic hydroxyl groups excluding tert-OH is 1. The highest BCUT2D eigenvalue weighted by molar-refractivity contribution is 7.14. The Balaban J connectivity index is 1.76. The van der Waals surface area contributed by atoms with E-state index < -0.39 is 11.7 Å². The van der Waals surface area contributed by atoms with Gasteiger partial charge >= 0.3 is 6.18 Å². The second kappa shape index (κ2) is 9.48. The van der Waals surface area contributed by atoms with Crippen LogP contribution in [0.5, 0.6) is 0 Å². The van der Waals surface area contributed by atoms with Crippen molar-refractivity contribution >= 4 is 34.1 Å². The minimum absolute atomic E-state index is 0.119. The van der Waals surface area contributed by atoms with Crippen molar-refractivity contribution in [3.63, 3.8) is 0 Å². The first kappa shape index (κ1) is 23.2. The van der Waals surface area contributed by atoms with Gasteiger partial charge in [-0.2, -0.15) is 13.2 Å². The maximum Gasteiger partial charge on any atom is 0.418 e. The van der Waals surface area contributed by atoms with Crippen molar-refractivity contribution < 1.29 is 18.3 Å². The number of nitrogens with one attached hydrogen (secondary N) is 1. The van der Waals surface area contributed by atoms with Crippen LogP contribution in [-0.2, 0) is 12.8 Å². The first-order chi connectivity index (χ1) is 15.8. The Hall–Kier alpha value is -2.98. The lowest BCUT2D eigenvalue weighted by molar-refractivity contribution is -0.137. The van der Waals surface area contributed by atoms with Crippen LogP contribution in [-0.4, -0.2) is 41.2 Å². The van der Waals surface area contributed by atoms with Gasteiger partial charge in [-0.05, 0) is 30.2 Å². The molecule has 2 N–H and O–H groups in total. The molecular weight excluding hydrogens is 451 g/mol. The molecule has 0 saturated carbocycles. The summed E-state index contributed by atoms with van der Waals surface area (Å²) < 4.78 is 41.3. The molecule has 0 saturated heterocycles. The van der Waals surface area contributed by atoms with Crippen LogP contribution in [0.3, 0.4) is 0 Å². The van der Waals surface area contributed by atoms with Gasteiger partial charge in [-0.3, -0.25) is 4.99 Å². The Morgan fingerprint density at radius 3 is 2.64 bits per heavy atom. The van der Waals surface area contributed by atoms with Crippen LogP contribution in [0.4, 0.5) is 30.2 Å². The summed E-state index contributed by atoms with van der Waals surface area (Å²) >= 11 is 1.31.